The highest BCUT2D eigenvalue weighted by molar-refractivity contribution is 5.73. The molecule has 0 bridgehead atoms. The summed E-state index contributed by atoms with van der Waals surface area (Å²) in [6.07, 6.45) is 13.7. The maximum atomic E-state index is 12.9. The van der Waals surface area contributed by atoms with Gasteiger partial charge in [-0.2, -0.15) is 0 Å². The summed E-state index contributed by atoms with van der Waals surface area (Å²) in [7, 11) is 0. The summed E-state index contributed by atoms with van der Waals surface area (Å²) in [5, 5.41) is 0. The molecule has 2 amide bonds. The minimum absolute atomic E-state index is 0.0606. The first kappa shape index (κ1) is 41.0. The Morgan fingerprint density at radius 3 is 1.23 bits per heavy atom. The first-order valence-corrected chi connectivity index (χ1v) is 16.3. The Balaban J connectivity index is 4.99. The molecule has 0 saturated carbocycles. The zero-order valence-corrected chi connectivity index (χ0v) is 28.8. The SMILES string of the molecule is CCC=CCCCOC(=O)CCN(CCCCN(CCC(=O)OCCCC=CCC)C(=O)OC(C)(C)C)C(=O)OC(C)(C)C. The van der Waals surface area contributed by atoms with E-state index in [-0.39, 0.29) is 37.9 Å². The molecule has 0 N–H and O–H groups in total. The minimum atomic E-state index is -0.684. The van der Waals surface area contributed by atoms with Crippen LogP contribution < -0.4 is 0 Å². The van der Waals surface area contributed by atoms with E-state index in [4.69, 9.17) is 18.9 Å². The van der Waals surface area contributed by atoms with Crippen molar-refractivity contribution in [1.82, 2.24) is 9.80 Å². The highest BCUT2D eigenvalue weighted by atomic mass is 16.6. The molecule has 0 aliphatic carbocycles. The van der Waals surface area contributed by atoms with Gasteiger partial charge in [-0.25, -0.2) is 9.59 Å². The van der Waals surface area contributed by atoms with Crippen molar-refractivity contribution in [2.75, 3.05) is 39.4 Å². The van der Waals surface area contributed by atoms with E-state index in [1.165, 1.54) is 9.80 Å². The van der Waals surface area contributed by atoms with E-state index in [0.717, 1.165) is 38.5 Å². The van der Waals surface area contributed by atoms with Crippen LogP contribution in [0.5, 0.6) is 0 Å². The van der Waals surface area contributed by atoms with E-state index in [1.54, 1.807) is 41.5 Å². The molecule has 0 aliphatic rings. The van der Waals surface area contributed by atoms with Crippen molar-refractivity contribution >= 4 is 24.1 Å². The Hall–Kier alpha value is -3.04. The van der Waals surface area contributed by atoms with Crippen molar-refractivity contribution in [1.29, 1.82) is 0 Å². The topological polar surface area (TPSA) is 112 Å². The maximum Gasteiger partial charge on any atom is 0.410 e. The van der Waals surface area contributed by atoms with Crippen molar-refractivity contribution in [2.45, 2.75) is 131 Å². The Labute approximate surface area is 266 Å². The van der Waals surface area contributed by atoms with Crippen LogP contribution in [0.3, 0.4) is 0 Å². The number of unbranched alkanes of at least 4 members (excludes halogenated alkanes) is 3. The molecule has 0 unspecified atom stereocenters. The molecule has 0 spiro atoms. The Morgan fingerprint density at radius 2 is 0.909 bits per heavy atom. The maximum absolute atomic E-state index is 12.9. The van der Waals surface area contributed by atoms with Crippen molar-refractivity contribution in [3.8, 4) is 0 Å². The summed E-state index contributed by atoms with van der Waals surface area (Å²) in [6.45, 7) is 16.5. The number of hydrogen-bond donors (Lipinski definition) is 0. The van der Waals surface area contributed by atoms with Gasteiger partial charge in [-0.1, -0.05) is 38.2 Å². The van der Waals surface area contributed by atoms with Crippen LogP contribution in [0.15, 0.2) is 24.3 Å². The number of carbonyl (C=O) groups is 4. The van der Waals surface area contributed by atoms with Crippen LogP contribution in [0, 0.1) is 0 Å². The lowest BCUT2D eigenvalue weighted by molar-refractivity contribution is -0.145. The molecule has 0 aromatic rings. The van der Waals surface area contributed by atoms with Gasteiger partial charge in [0.2, 0.25) is 0 Å². The monoisotopic (exact) mass is 624 g/mol. The summed E-state index contributed by atoms with van der Waals surface area (Å²) < 4.78 is 21.7. The fraction of sp³-hybridized carbons (Fsp3) is 0.765. The van der Waals surface area contributed by atoms with E-state index in [1.807, 2.05) is 0 Å². The van der Waals surface area contributed by atoms with Gasteiger partial charge in [0.1, 0.15) is 11.2 Å². The predicted octanol–water partition coefficient (Wildman–Crippen LogP) is 7.60. The average molecular weight is 625 g/mol. The Morgan fingerprint density at radius 1 is 0.545 bits per heavy atom. The van der Waals surface area contributed by atoms with Crippen LogP contribution >= 0.6 is 0 Å². The molecule has 0 aromatic heterocycles. The molecule has 10 nitrogen and oxygen atoms in total. The molecule has 44 heavy (non-hydrogen) atoms. The Bertz CT molecular complexity index is 815. The lowest BCUT2D eigenvalue weighted by Crippen LogP contribution is -2.40. The highest BCUT2D eigenvalue weighted by Crippen LogP contribution is 2.14. The molecule has 0 radical (unpaired) electrons. The molecule has 0 aliphatic heterocycles. The van der Waals surface area contributed by atoms with Gasteiger partial charge < -0.3 is 28.7 Å². The van der Waals surface area contributed by atoms with Gasteiger partial charge in [0.25, 0.3) is 0 Å². The standard InChI is InChI=1S/C34H60N2O8/c1-9-11-13-15-19-27-41-29(37)21-25-35(31(39)43-33(3,4)5)23-17-18-24-36(32(40)44-34(6,7)8)26-22-30(38)42-28-20-16-14-12-10-2/h11-14H,9-10,15-28H2,1-8H3. The molecule has 10 heteroatoms. The summed E-state index contributed by atoms with van der Waals surface area (Å²) in [5.41, 5.74) is -1.37. The predicted molar refractivity (Wildman–Crippen MR) is 173 cm³/mol. The number of amides is 2. The number of ether oxygens (including phenoxy) is 4. The first-order valence-electron chi connectivity index (χ1n) is 16.3. The number of esters is 2. The normalized spacial score (nSPS) is 11.9. The largest absolute Gasteiger partial charge is 0.466 e. The van der Waals surface area contributed by atoms with Gasteiger partial charge >= 0.3 is 24.1 Å². The van der Waals surface area contributed by atoms with Gasteiger partial charge in [-0.15, -0.1) is 0 Å². The number of carbonyl (C=O) groups excluding carboxylic acids is 4. The lowest BCUT2D eigenvalue weighted by atomic mass is 10.2. The molecule has 254 valence electrons. The van der Waals surface area contributed by atoms with Crippen molar-refractivity contribution < 1.29 is 38.1 Å². The molecular formula is C34H60N2O8. The molecule has 0 fully saturated rings. The summed E-state index contributed by atoms with van der Waals surface area (Å²) in [4.78, 5) is 53.3. The highest BCUT2D eigenvalue weighted by Gasteiger charge is 2.25. The molecule has 0 heterocycles. The first-order chi connectivity index (χ1) is 20.7. The van der Waals surface area contributed by atoms with Gasteiger partial charge in [-0.3, -0.25) is 9.59 Å². The van der Waals surface area contributed by atoms with E-state index in [9.17, 15) is 19.2 Å². The average Bonchev–Trinajstić information content (AvgIpc) is 2.91. The van der Waals surface area contributed by atoms with Crippen molar-refractivity contribution in [3.05, 3.63) is 24.3 Å². The van der Waals surface area contributed by atoms with Crippen molar-refractivity contribution in [2.24, 2.45) is 0 Å². The number of nitrogens with zero attached hydrogens (tertiary/aromatic N) is 2. The van der Waals surface area contributed by atoms with Gasteiger partial charge in [0, 0.05) is 26.2 Å². The fourth-order valence-electron chi connectivity index (χ4n) is 3.79. The van der Waals surface area contributed by atoms with Crippen LogP contribution in [-0.4, -0.2) is 84.5 Å². The quantitative estimate of drug-likeness (QED) is 0.0555. The smallest absolute Gasteiger partial charge is 0.410 e. The van der Waals surface area contributed by atoms with Gasteiger partial charge in [0.15, 0.2) is 0 Å². The fourth-order valence-corrected chi connectivity index (χ4v) is 3.79. The zero-order chi connectivity index (χ0) is 33.4. The molecule has 0 rings (SSSR count). The Kier molecular flexibility index (Phi) is 21.7. The van der Waals surface area contributed by atoms with Crippen LogP contribution in [0.25, 0.3) is 0 Å². The van der Waals surface area contributed by atoms with Crippen molar-refractivity contribution in [3.63, 3.8) is 0 Å². The minimum Gasteiger partial charge on any atom is -0.466 e. The second-order valence-corrected chi connectivity index (χ2v) is 12.6. The van der Waals surface area contributed by atoms with E-state index >= 15 is 0 Å². The summed E-state index contributed by atoms with van der Waals surface area (Å²) in [5.74, 6) is -0.725. The van der Waals surface area contributed by atoms with Gasteiger partial charge in [0.05, 0.1) is 26.1 Å². The van der Waals surface area contributed by atoms with Crippen LogP contribution in [-0.2, 0) is 28.5 Å². The molecule has 0 saturated heterocycles. The lowest BCUT2D eigenvalue weighted by Gasteiger charge is -2.29. The molecule has 0 atom stereocenters. The van der Waals surface area contributed by atoms with E-state index in [2.05, 4.69) is 38.2 Å². The molecule has 0 aromatic carbocycles. The van der Waals surface area contributed by atoms with Crippen LogP contribution in [0.2, 0.25) is 0 Å². The second kappa shape index (κ2) is 23.4. The third-order valence-electron chi connectivity index (χ3n) is 5.94. The number of rotatable bonds is 21. The number of hydrogen-bond acceptors (Lipinski definition) is 8. The third kappa shape index (κ3) is 24.4. The van der Waals surface area contributed by atoms with Gasteiger partial charge in [-0.05, 0) is 92.9 Å². The zero-order valence-electron chi connectivity index (χ0n) is 28.8. The second-order valence-electron chi connectivity index (χ2n) is 12.6. The van der Waals surface area contributed by atoms with Crippen LogP contribution in [0.4, 0.5) is 9.59 Å². The van der Waals surface area contributed by atoms with E-state index < -0.39 is 23.4 Å². The number of allylic oxidation sites excluding steroid dienone is 4. The third-order valence-corrected chi connectivity index (χ3v) is 5.94. The van der Waals surface area contributed by atoms with E-state index in [0.29, 0.717) is 39.1 Å². The summed E-state index contributed by atoms with van der Waals surface area (Å²) in [6, 6.07) is 0. The molecular weight excluding hydrogens is 564 g/mol. The summed E-state index contributed by atoms with van der Waals surface area (Å²) >= 11 is 0. The van der Waals surface area contributed by atoms with Crippen LogP contribution in [0.1, 0.15) is 120 Å².